The summed E-state index contributed by atoms with van der Waals surface area (Å²) in [6.45, 7) is 0. The molecule has 2 aromatic carbocycles. The molecule has 0 radical (unpaired) electrons. The third-order valence-corrected chi connectivity index (χ3v) is 2.25. The highest BCUT2D eigenvalue weighted by Gasteiger charge is 2.13. The van der Waals surface area contributed by atoms with E-state index in [0.717, 1.165) is 24.3 Å². The van der Waals surface area contributed by atoms with Gasteiger partial charge in [0.2, 0.25) is 0 Å². The quantitative estimate of drug-likeness (QED) is 0.592. The lowest BCUT2D eigenvalue weighted by molar-refractivity contribution is 0.103. The number of rotatable bonds is 2. The fourth-order valence-corrected chi connectivity index (χ4v) is 1.54. The summed E-state index contributed by atoms with van der Waals surface area (Å²) in [4.78, 5) is 11.8. The Labute approximate surface area is 99.7 Å². The molecule has 0 saturated heterocycles. The van der Waals surface area contributed by atoms with Crippen LogP contribution in [-0.2, 0) is 0 Å². The van der Waals surface area contributed by atoms with Gasteiger partial charge in [-0.15, -0.1) is 0 Å². The van der Waals surface area contributed by atoms with E-state index in [0.29, 0.717) is 12.1 Å². The van der Waals surface area contributed by atoms with Crippen molar-refractivity contribution in [3.8, 4) is 0 Å². The maximum Gasteiger partial charge on any atom is 0.193 e. The molecule has 0 unspecified atom stereocenters. The van der Waals surface area contributed by atoms with Gasteiger partial charge in [-0.2, -0.15) is 0 Å². The van der Waals surface area contributed by atoms with Crippen molar-refractivity contribution >= 4 is 5.78 Å². The zero-order valence-corrected chi connectivity index (χ0v) is 8.88. The van der Waals surface area contributed by atoms with Crippen LogP contribution in [0, 0.1) is 23.3 Å². The van der Waals surface area contributed by atoms with E-state index >= 15 is 0 Å². The fraction of sp³-hybridized carbons (Fsp3) is 0. The molecule has 5 heteroatoms. The summed E-state index contributed by atoms with van der Waals surface area (Å²) in [5, 5.41) is 0. The number of carbonyl (C=O) groups excluding carboxylic acids is 1. The van der Waals surface area contributed by atoms with Crippen LogP contribution in [0.4, 0.5) is 17.6 Å². The van der Waals surface area contributed by atoms with E-state index < -0.39 is 29.1 Å². The molecule has 0 aromatic heterocycles. The molecule has 1 nitrogen and oxygen atoms in total. The Morgan fingerprint density at radius 2 is 0.889 bits per heavy atom. The third kappa shape index (κ3) is 2.56. The van der Waals surface area contributed by atoms with E-state index in [1.165, 1.54) is 0 Å². The van der Waals surface area contributed by atoms with Gasteiger partial charge in [0, 0.05) is 23.3 Å². The molecule has 0 aliphatic carbocycles. The predicted molar refractivity (Wildman–Crippen MR) is 56.1 cm³/mol. The molecule has 0 atom stereocenters. The zero-order valence-electron chi connectivity index (χ0n) is 8.88. The number of hydrogen-bond donors (Lipinski definition) is 0. The number of ketones is 1. The van der Waals surface area contributed by atoms with Crippen LogP contribution >= 0.6 is 0 Å². The molecule has 0 N–H and O–H groups in total. The van der Waals surface area contributed by atoms with Crippen molar-refractivity contribution in [3.63, 3.8) is 0 Å². The third-order valence-electron chi connectivity index (χ3n) is 2.25. The van der Waals surface area contributed by atoms with Gasteiger partial charge in [-0.1, -0.05) is 0 Å². The van der Waals surface area contributed by atoms with Crippen molar-refractivity contribution in [2.24, 2.45) is 0 Å². The molecule has 18 heavy (non-hydrogen) atoms. The Hall–Kier alpha value is -2.17. The van der Waals surface area contributed by atoms with E-state index in [1.54, 1.807) is 0 Å². The van der Waals surface area contributed by atoms with Gasteiger partial charge < -0.3 is 0 Å². The standard InChI is InChI=1S/C13H6F4O/c14-9-1-7(2-10(15)5-9)13(18)8-3-11(16)6-12(17)4-8/h1-6H. The number of hydrogen-bond acceptors (Lipinski definition) is 1. The van der Waals surface area contributed by atoms with Crippen LogP contribution in [0.1, 0.15) is 15.9 Å². The predicted octanol–water partition coefficient (Wildman–Crippen LogP) is 3.47. The second kappa shape index (κ2) is 4.60. The van der Waals surface area contributed by atoms with Gasteiger partial charge in [-0.25, -0.2) is 17.6 Å². The average Bonchev–Trinajstić information content (AvgIpc) is 2.25. The van der Waals surface area contributed by atoms with E-state index in [9.17, 15) is 22.4 Å². The first kappa shape index (κ1) is 12.3. The Balaban J connectivity index is 2.47. The fourth-order valence-electron chi connectivity index (χ4n) is 1.54. The van der Waals surface area contributed by atoms with Gasteiger partial charge in [0.25, 0.3) is 0 Å². The lowest BCUT2D eigenvalue weighted by atomic mass is 10.0. The maximum absolute atomic E-state index is 12.9. The van der Waals surface area contributed by atoms with Crippen LogP contribution < -0.4 is 0 Å². The summed E-state index contributed by atoms with van der Waals surface area (Å²) in [7, 11) is 0. The molecular formula is C13H6F4O. The van der Waals surface area contributed by atoms with Gasteiger partial charge in [-0.05, 0) is 24.3 Å². The van der Waals surface area contributed by atoms with Crippen molar-refractivity contribution < 1.29 is 22.4 Å². The van der Waals surface area contributed by atoms with Crippen molar-refractivity contribution in [1.82, 2.24) is 0 Å². The molecule has 0 bridgehead atoms. The van der Waals surface area contributed by atoms with Crippen LogP contribution in [0.3, 0.4) is 0 Å². The molecule has 0 heterocycles. The number of benzene rings is 2. The smallest absolute Gasteiger partial charge is 0.193 e. The monoisotopic (exact) mass is 254 g/mol. The second-order valence-corrected chi connectivity index (χ2v) is 3.65. The topological polar surface area (TPSA) is 17.1 Å². The molecular weight excluding hydrogens is 248 g/mol. The molecule has 2 rings (SSSR count). The summed E-state index contributed by atoms with van der Waals surface area (Å²) in [5.74, 6) is -4.59. The summed E-state index contributed by atoms with van der Waals surface area (Å²) in [6.07, 6.45) is 0. The van der Waals surface area contributed by atoms with Crippen LogP contribution in [0.2, 0.25) is 0 Å². The Bertz CT molecular complexity index is 528. The highest BCUT2D eigenvalue weighted by atomic mass is 19.1. The van der Waals surface area contributed by atoms with Crippen LogP contribution in [0.15, 0.2) is 36.4 Å². The number of halogens is 4. The first-order chi connectivity index (χ1) is 8.45. The highest BCUT2D eigenvalue weighted by molar-refractivity contribution is 6.08. The molecule has 0 aliphatic rings. The normalized spacial score (nSPS) is 10.4. The van der Waals surface area contributed by atoms with Gasteiger partial charge >= 0.3 is 0 Å². The summed E-state index contributed by atoms with van der Waals surface area (Å²) >= 11 is 0. The molecule has 0 fully saturated rings. The van der Waals surface area contributed by atoms with Crippen molar-refractivity contribution in [3.05, 3.63) is 70.8 Å². The largest absolute Gasteiger partial charge is 0.289 e. The SMILES string of the molecule is O=C(c1cc(F)cc(F)c1)c1cc(F)cc(F)c1. The molecule has 0 saturated carbocycles. The lowest BCUT2D eigenvalue weighted by Crippen LogP contribution is -2.04. The molecule has 2 aromatic rings. The van der Waals surface area contributed by atoms with Gasteiger partial charge in [0.05, 0.1) is 0 Å². The van der Waals surface area contributed by atoms with E-state index in [1.807, 2.05) is 0 Å². The maximum atomic E-state index is 12.9. The van der Waals surface area contributed by atoms with Gasteiger partial charge in [-0.3, -0.25) is 4.79 Å². The Kier molecular flexibility index (Phi) is 3.14. The second-order valence-electron chi connectivity index (χ2n) is 3.65. The summed E-state index contributed by atoms with van der Waals surface area (Å²) in [5.41, 5.74) is -0.616. The van der Waals surface area contributed by atoms with Crippen LogP contribution in [0.5, 0.6) is 0 Å². The van der Waals surface area contributed by atoms with Crippen LogP contribution in [-0.4, -0.2) is 5.78 Å². The van der Waals surface area contributed by atoms with Crippen molar-refractivity contribution in [2.75, 3.05) is 0 Å². The lowest BCUT2D eigenvalue weighted by Gasteiger charge is -2.02. The zero-order chi connectivity index (χ0) is 13.3. The minimum Gasteiger partial charge on any atom is -0.289 e. The highest BCUT2D eigenvalue weighted by Crippen LogP contribution is 2.15. The van der Waals surface area contributed by atoms with E-state index in [-0.39, 0.29) is 11.1 Å². The Morgan fingerprint density at radius 3 is 1.17 bits per heavy atom. The minimum atomic E-state index is -0.935. The number of carbonyl (C=O) groups is 1. The van der Waals surface area contributed by atoms with Gasteiger partial charge in [0.1, 0.15) is 23.3 Å². The molecule has 92 valence electrons. The first-order valence-corrected chi connectivity index (χ1v) is 4.92. The van der Waals surface area contributed by atoms with Crippen LogP contribution in [0.25, 0.3) is 0 Å². The molecule has 0 amide bonds. The van der Waals surface area contributed by atoms with E-state index in [4.69, 9.17) is 0 Å². The summed E-state index contributed by atoms with van der Waals surface area (Å²) in [6, 6.07) is 4.40. The average molecular weight is 254 g/mol. The van der Waals surface area contributed by atoms with Gasteiger partial charge in [0.15, 0.2) is 5.78 Å². The van der Waals surface area contributed by atoms with Crippen molar-refractivity contribution in [2.45, 2.75) is 0 Å². The van der Waals surface area contributed by atoms with Crippen molar-refractivity contribution in [1.29, 1.82) is 0 Å². The minimum absolute atomic E-state index is 0.308. The van der Waals surface area contributed by atoms with E-state index in [2.05, 4.69) is 0 Å². The summed E-state index contributed by atoms with van der Waals surface area (Å²) < 4.78 is 51.7. The molecule has 0 aliphatic heterocycles. The molecule has 0 spiro atoms. The first-order valence-electron chi connectivity index (χ1n) is 4.92. The Morgan fingerprint density at radius 1 is 0.611 bits per heavy atom.